The van der Waals surface area contributed by atoms with E-state index in [1.807, 2.05) is 0 Å². The zero-order valence-corrected chi connectivity index (χ0v) is 16.0. The number of hydrogen-bond donors (Lipinski definition) is 1. The lowest BCUT2D eigenvalue weighted by Crippen LogP contribution is -2.43. The summed E-state index contributed by atoms with van der Waals surface area (Å²) in [5, 5.41) is 15.3. The molecule has 0 radical (unpaired) electrons. The van der Waals surface area contributed by atoms with Crippen molar-refractivity contribution in [1.29, 1.82) is 0 Å². The first kappa shape index (κ1) is 18.1. The molecule has 6 nitrogen and oxygen atoms in total. The first-order valence-electron chi connectivity index (χ1n) is 8.08. The van der Waals surface area contributed by atoms with Crippen LogP contribution in [0, 0.1) is 5.82 Å². The number of halogens is 2. The minimum atomic E-state index is -0.811. The number of benzene rings is 1. The fourth-order valence-electron chi connectivity index (χ4n) is 3.12. The van der Waals surface area contributed by atoms with Gasteiger partial charge in [-0.1, -0.05) is 0 Å². The molecule has 0 aliphatic carbocycles. The van der Waals surface area contributed by atoms with Crippen molar-refractivity contribution in [3.63, 3.8) is 0 Å². The number of likely N-dealkylation sites (tertiary alicyclic amines) is 1. The molecule has 1 fully saturated rings. The lowest BCUT2D eigenvalue weighted by atomic mass is 10.00. The molecule has 2 heterocycles. The predicted octanol–water partition coefficient (Wildman–Crippen LogP) is 3.27. The molecule has 8 heteroatoms. The summed E-state index contributed by atoms with van der Waals surface area (Å²) < 4.78 is 21.3. The molecule has 1 atom stereocenters. The lowest BCUT2D eigenvalue weighted by Gasteiger charge is -2.29. The van der Waals surface area contributed by atoms with Gasteiger partial charge in [0, 0.05) is 11.9 Å². The first-order valence-corrected chi connectivity index (χ1v) is 8.88. The number of hydrogen-bond acceptors (Lipinski definition) is 4. The molecular weight excluding hydrogens is 393 g/mol. The third-order valence-electron chi connectivity index (χ3n) is 4.33. The molecule has 0 spiro atoms. The van der Waals surface area contributed by atoms with Crippen molar-refractivity contribution >= 4 is 32.9 Å². The van der Waals surface area contributed by atoms with Crippen LogP contribution in [0.2, 0.25) is 0 Å². The van der Waals surface area contributed by atoms with E-state index in [2.05, 4.69) is 21.0 Å². The summed E-state index contributed by atoms with van der Waals surface area (Å²) in [6, 6.07) is 4.40. The molecule has 2 aromatic rings. The number of rotatable bonds is 2. The molecule has 0 bridgehead atoms. The maximum absolute atomic E-state index is 13.7. The molecule has 1 aromatic carbocycles. The van der Waals surface area contributed by atoms with Gasteiger partial charge in [0.05, 0.1) is 18.7 Å². The van der Waals surface area contributed by atoms with Gasteiger partial charge in [0.2, 0.25) is 0 Å². The number of aliphatic hydroxyl groups is 1. The van der Waals surface area contributed by atoms with Crippen LogP contribution in [0.4, 0.5) is 9.18 Å². The van der Waals surface area contributed by atoms with Gasteiger partial charge in [-0.25, -0.2) is 9.18 Å². The van der Waals surface area contributed by atoms with Crippen molar-refractivity contribution in [2.75, 3.05) is 19.7 Å². The molecular formula is C17H21BrFN3O3. The van der Waals surface area contributed by atoms with Crippen molar-refractivity contribution in [3.8, 4) is 0 Å². The van der Waals surface area contributed by atoms with Crippen molar-refractivity contribution in [3.05, 3.63) is 28.6 Å². The average Bonchev–Trinajstić information content (AvgIpc) is 3.08. The van der Waals surface area contributed by atoms with E-state index >= 15 is 0 Å². The SMILES string of the molecule is CC(C)(C)OC(=O)N1CCC(CO)(n2nc(Br)c3ccc(F)cc32)C1. The fourth-order valence-corrected chi connectivity index (χ4v) is 3.61. The summed E-state index contributed by atoms with van der Waals surface area (Å²) >= 11 is 3.39. The number of carbonyl (C=O) groups is 1. The Hall–Kier alpha value is -1.67. The molecule has 1 unspecified atom stereocenters. The number of fused-ring (bicyclic) bond motifs is 1. The normalized spacial score (nSPS) is 21.1. The van der Waals surface area contributed by atoms with E-state index in [0.29, 0.717) is 23.1 Å². The maximum atomic E-state index is 13.7. The van der Waals surface area contributed by atoms with Gasteiger partial charge in [-0.05, 0) is 61.3 Å². The highest BCUT2D eigenvalue weighted by Gasteiger charge is 2.44. The van der Waals surface area contributed by atoms with Gasteiger partial charge < -0.3 is 14.7 Å². The summed E-state index contributed by atoms with van der Waals surface area (Å²) in [4.78, 5) is 13.9. The van der Waals surface area contributed by atoms with Crippen molar-refractivity contribution in [1.82, 2.24) is 14.7 Å². The zero-order valence-electron chi connectivity index (χ0n) is 14.4. The Labute approximate surface area is 153 Å². The summed E-state index contributed by atoms with van der Waals surface area (Å²) in [7, 11) is 0. The van der Waals surface area contributed by atoms with E-state index in [-0.39, 0.29) is 19.0 Å². The van der Waals surface area contributed by atoms with Crippen LogP contribution in [0.25, 0.3) is 10.9 Å². The van der Waals surface area contributed by atoms with Crippen LogP contribution < -0.4 is 0 Å². The van der Waals surface area contributed by atoms with E-state index in [1.54, 1.807) is 36.4 Å². The van der Waals surface area contributed by atoms with Crippen LogP contribution in [-0.4, -0.2) is 51.2 Å². The van der Waals surface area contributed by atoms with E-state index in [4.69, 9.17) is 4.74 Å². The number of ether oxygens (including phenoxy) is 1. The minimum Gasteiger partial charge on any atom is -0.444 e. The van der Waals surface area contributed by atoms with E-state index in [9.17, 15) is 14.3 Å². The maximum Gasteiger partial charge on any atom is 0.410 e. The smallest absolute Gasteiger partial charge is 0.410 e. The quantitative estimate of drug-likeness (QED) is 0.819. The molecule has 1 saturated heterocycles. The van der Waals surface area contributed by atoms with Crippen LogP contribution in [0.1, 0.15) is 27.2 Å². The monoisotopic (exact) mass is 413 g/mol. The zero-order chi connectivity index (χ0) is 18.4. The molecule has 25 heavy (non-hydrogen) atoms. The number of nitrogens with zero attached hydrogens (tertiary/aromatic N) is 3. The lowest BCUT2D eigenvalue weighted by molar-refractivity contribution is 0.0256. The fraction of sp³-hybridized carbons (Fsp3) is 0.529. The summed E-state index contributed by atoms with van der Waals surface area (Å²) in [6.07, 6.45) is 0.0761. The largest absolute Gasteiger partial charge is 0.444 e. The van der Waals surface area contributed by atoms with Gasteiger partial charge in [0.1, 0.15) is 21.6 Å². The Morgan fingerprint density at radius 3 is 2.84 bits per heavy atom. The van der Waals surface area contributed by atoms with Crippen molar-refractivity contribution in [2.45, 2.75) is 38.3 Å². The van der Waals surface area contributed by atoms with E-state index in [0.717, 1.165) is 5.39 Å². The average molecular weight is 414 g/mol. The van der Waals surface area contributed by atoms with Gasteiger partial charge >= 0.3 is 6.09 Å². The van der Waals surface area contributed by atoms with Gasteiger partial charge in [-0.2, -0.15) is 5.10 Å². The molecule has 136 valence electrons. The topological polar surface area (TPSA) is 67.6 Å². The third kappa shape index (κ3) is 3.37. The Morgan fingerprint density at radius 2 is 2.20 bits per heavy atom. The third-order valence-corrected chi connectivity index (χ3v) is 4.91. The van der Waals surface area contributed by atoms with Crippen LogP contribution in [-0.2, 0) is 10.3 Å². The second kappa shape index (κ2) is 6.25. The van der Waals surface area contributed by atoms with Gasteiger partial charge in [0.25, 0.3) is 0 Å². The van der Waals surface area contributed by atoms with Crippen LogP contribution in [0.3, 0.4) is 0 Å². The minimum absolute atomic E-state index is 0.216. The Kier molecular flexibility index (Phi) is 4.53. The molecule has 1 N–H and O–H groups in total. The molecule has 1 aliphatic heterocycles. The summed E-state index contributed by atoms with van der Waals surface area (Å²) in [5.74, 6) is -0.378. The van der Waals surface area contributed by atoms with Gasteiger partial charge in [-0.15, -0.1) is 0 Å². The number of aromatic nitrogens is 2. The first-order chi connectivity index (χ1) is 11.6. The molecule has 3 rings (SSSR count). The van der Waals surface area contributed by atoms with Crippen LogP contribution >= 0.6 is 15.9 Å². The van der Waals surface area contributed by atoms with E-state index in [1.165, 1.54) is 12.1 Å². The van der Waals surface area contributed by atoms with Crippen molar-refractivity contribution in [2.24, 2.45) is 0 Å². The Morgan fingerprint density at radius 1 is 1.48 bits per heavy atom. The Balaban J connectivity index is 1.96. The number of amides is 1. The predicted molar refractivity (Wildman–Crippen MR) is 94.9 cm³/mol. The Bertz CT molecular complexity index is 817. The van der Waals surface area contributed by atoms with Crippen LogP contribution in [0.5, 0.6) is 0 Å². The van der Waals surface area contributed by atoms with Crippen molar-refractivity contribution < 1.29 is 19.0 Å². The molecule has 1 aliphatic rings. The standard InChI is InChI=1S/C17H21BrFN3O3/c1-16(2,3)25-15(24)21-7-6-17(9-21,10-23)22-13-8-11(19)4-5-12(13)14(18)20-22/h4-5,8,23H,6-7,9-10H2,1-3H3. The van der Waals surface area contributed by atoms with E-state index < -0.39 is 17.2 Å². The highest BCUT2D eigenvalue weighted by Crippen LogP contribution is 2.35. The highest BCUT2D eigenvalue weighted by molar-refractivity contribution is 9.10. The second-order valence-corrected chi connectivity index (χ2v) is 8.15. The van der Waals surface area contributed by atoms with Gasteiger partial charge in [-0.3, -0.25) is 4.68 Å². The highest BCUT2D eigenvalue weighted by atomic mass is 79.9. The molecule has 0 saturated carbocycles. The number of carbonyl (C=O) groups excluding carboxylic acids is 1. The van der Waals surface area contributed by atoms with Crippen LogP contribution in [0.15, 0.2) is 22.8 Å². The molecule has 1 aromatic heterocycles. The van der Waals surface area contributed by atoms with Gasteiger partial charge in [0.15, 0.2) is 0 Å². The summed E-state index contributed by atoms with van der Waals surface area (Å²) in [5.41, 5.74) is -0.826. The second-order valence-electron chi connectivity index (χ2n) is 7.40. The summed E-state index contributed by atoms with van der Waals surface area (Å²) in [6.45, 7) is 5.89. The molecule has 1 amide bonds. The number of aliphatic hydroxyl groups excluding tert-OH is 1.